The van der Waals surface area contributed by atoms with Gasteiger partial charge in [0.1, 0.15) is 0 Å². The van der Waals surface area contributed by atoms with Gasteiger partial charge in [-0.3, -0.25) is 10.00 Å². The van der Waals surface area contributed by atoms with E-state index >= 15 is 0 Å². The molecule has 0 bridgehead atoms. The predicted octanol–water partition coefficient (Wildman–Crippen LogP) is 1.43. The number of rotatable bonds is 3. The fourth-order valence-corrected chi connectivity index (χ4v) is 3.28. The quantitative estimate of drug-likeness (QED) is 0.831. The number of aromatic nitrogens is 2. The van der Waals surface area contributed by atoms with Gasteiger partial charge in [0.15, 0.2) is 0 Å². The number of piperidine rings is 1. The highest BCUT2D eigenvalue weighted by atomic mass is 15.2. The number of nitrogens with one attached hydrogen (secondary N) is 2. The molecule has 2 fully saturated rings. The molecule has 0 unspecified atom stereocenters. The Hall–Kier alpha value is -0.870. The van der Waals surface area contributed by atoms with Gasteiger partial charge in [-0.25, -0.2) is 0 Å². The zero-order valence-corrected chi connectivity index (χ0v) is 10.6. The summed E-state index contributed by atoms with van der Waals surface area (Å²) in [6, 6.07) is 1.47. The molecule has 1 aromatic rings. The van der Waals surface area contributed by atoms with Crippen LogP contribution in [0.3, 0.4) is 0 Å². The molecular weight excluding hydrogens is 212 g/mol. The third kappa shape index (κ3) is 2.24. The number of H-pyrrole nitrogens is 1. The van der Waals surface area contributed by atoms with Crippen molar-refractivity contribution in [3.05, 3.63) is 17.5 Å². The third-order valence-corrected chi connectivity index (χ3v) is 4.35. The maximum absolute atomic E-state index is 4.07. The summed E-state index contributed by atoms with van der Waals surface area (Å²) in [5, 5.41) is 10.8. The van der Waals surface area contributed by atoms with Crippen LogP contribution in [0, 0.1) is 6.92 Å². The van der Waals surface area contributed by atoms with E-state index in [0.29, 0.717) is 6.04 Å². The van der Waals surface area contributed by atoms with Crippen LogP contribution < -0.4 is 5.32 Å². The monoisotopic (exact) mass is 234 g/mol. The van der Waals surface area contributed by atoms with Gasteiger partial charge in [0.05, 0.1) is 6.20 Å². The van der Waals surface area contributed by atoms with E-state index in [4.69, 9.17) is 0 Å². The van der Waals surface area contributed by atoms with Gasteiger partial charge < -0.3 is 5.32 Å². The highest BCUT2D eigenvalue weighted by Crippen LogP contribution is 2.27. The average Bonchev–Trinajstić information content (AvgIpc) is 2.93. The van der Waals surface area contributed by atoms with Gasteiger partial charge in [-0.05, 0) is 32.7 Å². The van der Waals surface area contributed by atoms with Crippen molar-refractivity contribution in [2.75, 3.05) is 13.1 Å². The van der Waals surface area contributed by atoms with Gasteiger partial charge in [0, 0.05) is 36.4 Å². The molecule has 94 valence electrons. The van der Waals surface area contributed by atoms with Gasteiger partial charge in [-0.1, -0.05) is 6.42 Å². The lowest BCUT2D eigenvalue weighted by Crippen LogP contribution is -2.44. The van der Waals surface area contributed by atoms with Crippen molar-refractivity contribution in [1.29, 1.82) is 0 Å². The van der Waals surface area contributed by atoms with Crippen molar-refractivity contribution in [3.8, 4) is 0 Å². The smallest absolute Gasteiger partial charge is 0.0535 e. The molecule has 2 saturated heterocycles. The van der Waals surface area contributed by atoms with Crippen LogP contribution in [0.25, 0.3) is 0 Å². The number of aryl methyl sites for hydroxylation is 1. The van der Waals surface area contributed by atoms with Crippen LogP contribution in [0.5, 0.6) is 0 Å². The summed E-state index contributed by atoms with van der Waals surface area (Å²) in [4.78, 5) is 2.67. The maximum atomic E-state index is 4.07. The first-order valence-corrected chi connectivity index (χ1v) is 6.81. The van der Waals surface area contributed by atoms with E-state index in [0.717, 1.165) is 12.6 Å². The Kier molecular flexibility index (Phi) is 3.16. The molecule has 2 atom stereocenters. The number of nitrogens with zero attached hydrogens (tertiary/aromatic N) is 2. The second-order valence-corrected chi connectivity index (χ2v) is 5.40. The molecule has 0 aromatic carbocycles. The maximum Gasteiger partial charge on any atom is 0.0535 e. The molecule has 4 heteroatoms. The van der Waals surface area contributed by atoms with Crippen molar-refractivity contribution in [1.82, 2.24) is 20.4 Å². The van der Waals surface area contributed by atoms with Gasteiger partial charge in [-0.15, -0.1) is 0 Å². The molecule has 0 saturated carbocycles. The Morgan fingerprint density at radius 1 is 1.41 bits per heavy atom. The summed E-state index contributed by atoms with van der Waals surface area (Å²) >= 11 is 0. The molecule has 0 spiro atoms. The zero-order valence-electron chi connectivity index (χ0n) is 10.6. The fraction of sp³-hybridized carbons (Fsp3) is 0.769. The van der Waals surface area contributed by atoms with E-state index in [2.05, 4.69) is 27.3 Å². The minimum Gasteiger partial charge on any atom is -0.308 e. The van der Waals surface area contributed by atoms with Crippen LogP contribution in [-0.4, -0.2) is 40.3 Å². The van der Waals surface area contributed by atoms with Crippen LogP contribution in [0.1, 0.15) is 36.9 Å². The minimum absolute atomic E-state index is 0.685. The Morgan fingerprint density at radius 2 is 2.35 bits per heavy atom. The summed E-state index contributed by atoms with van der Waals surface area (Å²) in [7, 11) is 0. The summed E-state index contributed by atoms with van der Waals surface area (Å²) in [5.74, 6) is 0. The molecule has 3 rings (SSSR count). The van der Waals surface area contributed by atoms with Crippen LogP contribution in [0.4, 0.5) is 0 Å². The average molecular weight is 234 g/mol. The summed E-state index contributed by atoms with van der Waals surface area (Å²) in [6.07, 6.45) is 7.42. The second-order valence-electron chi connectivity index (χ2n) is 5.40. The zero-order chi connectivity index (χ0) is 11.7. The topological polar surface area (TPSA) is 44.0 Å². The lowest BCUT2D eigenvalue weighted by Gasteiger charge is -2.32. The normalized spacial score (nSPS) is 29.5. The van der Waals surface area contributed by atoms with Gasteiger partial charge in [0.2, 0.25) is 0 Å². The molecule has 0 radical (unpaired) electrons. The van der Waals surface area contributed by atoms with Crippen molar-refractivity contribution in [3.63, 3.8) is 0 Å². The Labute approximate surface area is 103 Å². The van der Waals surface area contributed by atoms with Crippen LogP contribution >= 0.6 is 0 Å². The van der Waals surface area contributed by atoms with Crippen molar-refractivity contribution in [2.24, 2.45) is 0 Å². The molecule has 17 heavy (non-hydrogen) atoms. The van der Waals surface area contributed by atoms with Crippen molar-refractivity contribution in [2.45, 2.75) is 51.2 Å². The van der Waals surface area contributed by atoms with Crippen LogP contribution in [-0.2, 0) is 6.54 Å². The highest BCUT2D eigenvalue weighted by Gasteiger charge is 2.34. The standard InChI is InChI=1S/C13H22N4/c1-10-11(9-15-16-10)8-14-12-5-7-17-6-3-2-4-13(12)17/h9,12-14H,2-8H2,1H3,(H,15,16)/t12-,13+/m0/s1. The SMILES string of the molecule is Cc1[nH]ncc1CN[C@H]1CCN2CCCC[C@H]12. The minimum atomic E-state index is 0.685. The first-order valence-electron chi connectivity index (χ1n) is 6.81. The van der Waals surface area contributed by atoms with E-state index in [9.17, 15) is 0 Å². The molecule has 2 aliphatic heterocycles. The fourth-order valence-electron chi connectivity index (χ4n) is 3.28. The third-order valence-electron chi connectivity index (χ3n) is 4.35. The summed E-state index contributed by atoms with van der Waals surface area (Å²) in [6.45, 7) is 5.64. The van der Waals surface area contributed by atoms with Gasteiger partial charge in [-0.2, -0.15) is 5.10 Å². The molecule has 0 aliphatic carbocycles. The van der Waals surface area contributed by atoms with E-state index in [-0.39, 0.29) is 0 Å². The molecule has 1 aromatic heterocycles. The predicted molar refractivity (Wildman–Crippen MR) is 67.8 cm³/mol. The summed E-state index contributed by atoms with van der Waals surface area (Å²) < 4.78 is 0. The van der Waals surface area contributed by atoms with E-state index in [1.165, 1.54) is 50.0 Å². The molecular formula is C13H22N4. The first-order chi connectivity index (χ1) is 8.34. The summed E-state index contributed by atoms with van der Waals surface area (Å²) in [5.41, 5.74) is 2.50. The Bertz CT molecular complexity index is 373. The molecule has 0 amide bonds. The highest BCUT2D eigenvalue weighted by molar-refractivity contribution is 5.14. The lowest BCUT2D eigenvalue weighted by molar-refractivity contribution is 0.180. The second kappa shape index (κ2) is 4.78. The molecule has 2 aliphatic rings. The molecule has 4 nitrogen and oxygen atoms in total. The molecule has 2 N–H and O–H groups in total. The lowest BCUT2D eigenvalue weighted by atomic mass is 9.99. The van der Waals surface area contributed by atoms with E-state index in [1.807, 2.05) is 6.20 Å². The number of hydrogen-bond donors (Lipinski definition) is 2. The van der Waals surface area contributed by atoms with Gasteiger partial charge in [0.25, 0.3) is 0 Å². The van der Waals surface area contributed by atoms with Crippen molar-refractivity contribution >= 4 is 0 Å². The first kappa shape index (κ1) is 11.2. The van der Waals surface area contributed by atoms with E-state index in [1.54, 1.807) is 0 Å². The Morgan fingerprint density at radius 3 is 3.18 bits per heavy atom. The van der Waals surface area contributed by atoms with Crippen LogP contribution in [0.15, 0.2) is 6.20 Å². The number of hydrogen-bond acceptors (Lipinski definition) is 3. The van der Waals surface area contributed by atoms with Gasteiger partial charge >= 0.3 is 0 Å². The number of fused-ring (bicyclic) bond motifs is 1. The van der Waals surface area contributed by atoms with E-state index < -0.39 is 0 Å². The Balaban J connectivity index is 1.57. The van der Waals surface area contributed by atoms with Crippen molar-refractivity contribution < 1.29 is 0 Å². The largest absolute Gasteiger partial charge is 0.308 e. The molecule has 3 heterocycles. The van der Waals surface area contributed by atoms with Crippen LogP contribution in [0.2, 0.25) is 0 Å². The number of aromatic amines is 1.